The van der Waals surface area contributed by atoms with Crippen molar-refractivity contribution in [1.29, 1.82) is 0 Å². The Morgan fingerprint density at radius 1 is 1.30 bits per heavy atom. The van der Waals surface area contributed by atoms with E-state index >= 15 is 0 Å². The maximum atomic E-state index is 12.5. The SMILES string of the molecule is C=CC(=O)CCC(O)CNC1=CC2SC(=O)C(c3ccccc3)=CC2C=C1. The molecule has 1 aliphatic carbocycles. The van der Waals surface area contributed by atoms with Gasteiger partial charge in [-0.2, -0.15) is 0 Å². The van der Waals surface area contributed by atoms with Crippen LogP contribution < -0.4 is 5.32 Å². The molecule has 0 amide bonds. The second-order valence-corrected chi connectivity index (χ2v) is 7.77. The van der Waals surface area contributed by atoms with Gasteiger partial charge in [-0.3, -0.25) is 9.59 Å². The van der Waals surface area contributed by atoms with Crippen LogP contribution in [-0.4, -0.2) is 33.9 Å². The number of hydrogen-bond donors (Lipinski definition) is 2. The van der Waals surface area contributed by atoms with E-state index in [2.05, 4.69) is 18.0 Å². The van der Waals surface area contributed by atoms with Crippen molar-refractivity contribution in [2.45, 2.75) is 24.2 Å². The summed E-state index contributed by atoms with van der Waals surface area (Å²) in [4.78, 5) is 23.8. The van der Waals surface area contributed by atoms with Crippen LogP contribution in [0.15, 0.2) is 73.0 Å². The van der Waals surface area contributed by atoms with Crippen molar-refractivity contribution in [2.24, 2.45) is 5.92 Å². The molecule has 1 aliphatic heterocycles. The molecule has 0 fully saturated rings. The van der Waals surface area contributed by atoms with E-state index in [4.69, 9.17) is 0 Å². The van der Waals surface area contributed by atoms with Crippen molar-refractivity contribution in [1.82, 2.24) is 5.32 Å². The van der Waals surface area contributed by atoms with Gasteiger partial charge in [0.05, 0.1) is 6.10 Å². The molecule has 0 saturated carbocycles. The van der Waals surface area contributed by atoms with Gasteiger partial charge < -0.3 is 10.4 Å². The van der Waals surface area contributed by atoms with Crippen LogP contribution in [0.2, 0.25) is 0 Å². The fraction of sp³-hybridized carbons (Fsp3) is 0.273. The molecular formula is C22H23NO3S. The molecule has 2 N–H and O–H groups in total. The lowest BCUT2D eigenvalue weighted by Gasteiger charge is -2.28. The Morgan fingerprint density at radius 2 is 2.07 bits per heavy atom. The molecule has 4 nitrogen and oxygen atoms in total. The van der Waals surface area contributed by atoms with Crippen LogP contribution in [0.1, 0.15) is 18.4 Å². The number of aliphatic hydroxyl groups excluding tert-OH is 1. The number of ketones is 1. The van der Waals surface area contributed by atoms with Gasteiger partial charge >= 0.3 is 0 Å². The van der Waals surface area contributed by atoms with Crippen LogP contribution in [0.3, 0.4) is 0 Å². The quantitative estimate of drug-likeness (QED) is 0.677. The van der Waals surface area contributed by atoms with Gasteiger partial charge in [0.15, 0.2) is 5.78 Å². The van der Waals surface area contributed by atoms with Gasteiger partial charge in [-0.15, -0.1) is 0 Å². The summed E-state index contributed by atoms with van der Waals surface area (Å²) in [5.74, 6) is 0.107. The minimum absolute atomic E-state index is 0.0527. The summed E-state index contributed by atoms with van der Waals surface area (Å²) in [6, 6.07) is 9.73. The number of hydrogen-bond acceptors (Lipinski definition) is 5. The highest BCUT2D eigenvalue weighted by atomic mass is 32.2. The molecule has 27 heavy (non-hydrogen) atoms. The van der Waals surface area contributed by atoms with Crippen LogP contribution in [0.4, 0.5) is 0 Å². The maximum Gasteiger partial charge on any atom is 0.220 e. The van der Waals surface area contributed by atoms with Gasteiger partial charge in [-0.25, -0.2) is 0 Å². The summed E-state index contributed by atoms with van der Waals surface area (Å²) in [7, 11) is 0. The standard InChI is InChI=1S/C22H23NO3S/c1-2-18(24)10-11-19(25)14-23-17-9-8-16-12-20(15-6-4-3-5-7-15)22(26)27-21(16)13-17/h2-9,12-13,16,19,21,23,25H,1,10-11,14H2. The minimum Gasteiger partial charge on any atom is -0.391 e. The van der Waals surface area contributed by atoms with Crippen LogP contribution >= 0.6 is 11.8 Å². The van der Waals surface area contributed by atoms with Gasteiger partial charge in [0.25, 0.3) is 0 Å². The summed E-state index contributed by atoms with van der Waals surface area (Å²) < 4.78 is 0. The molecule has 0 aromatic heterocycles. The molecule has 0 bridgehead atoms. The van der Waals surface area contributed by atoms with Crippen LogP contribution in [0.5, 0.6) is 0 Å². The Bertz CT molecular complexity index is 810. The highest BCUT2D eigenvalue weighted by Gasteiger charge is 2.30. The fourth-order valence-electron chi connectivity index (χ4n) is 3.08. The maximum absolute atomic E-state index is 12.5. The number of allylic oxidation sites excluding steroid dienone is 4. The smallest absolute Gasteiger partial charge is 0.220 e. The Hall–Kier alpha value is -2.37. The Labute approximate surface area is 163 Å². The van der Waals surface area contributed by atoms with Gasteiger partial charge in [-0.1, -0.05) is 60.8 Å². The number of carbonyl (C=O) groups is 2. The van der Waals surface area contributed by atoms with E-state index in [0.717, 1.165) is 16.8 Å². The average molecular weight is 381 g/mol. The van der Waals surface area contributed by atoms with E-state index in [1.807, 2.05) is 48.6 Å². The Kier molecular flexibility index (Phi) is 6.48. The zero-order chi connectivity index (χ0) is 19.2. The highest BCUT2D eigenvalue weighted by molar-refractivity contribution is 8.15. The molecule has 3 unspecified atom stereocenters. The molecule has 3 rings (SSSR count). The first-order chi connectivity index (χ1) is 13.1. The second kappa shape index (κ2) is 9.02. The minimum atomic E-state index is -0.605. The summed E-state index contributed by atoms with van der Waals surface area (Å²) in [6.07, 6.45) is 9.51. The summed E-state index contributed by atoms with van der Waals surface area (Å²) in [6.45, 7) is 3.79. The monoisotopic (exact) mass is 381 g/mol. The van der Waals surface area contributed by atoms with E-state index < -0.39 is 6.10 Å². The van der Waals surface area contributed by atoms with E-state index in [0.29, 0.717) is 19.4 Å². The lowest BCUT2D eigenvalue weighted by atomic mass is 9.93. The number of nitrogens with one attached hydrogen (secondary N) is 1. The lowest BCUT2D eigenvalue weighted by molar-refractivity contribution is -0.115. The van der Waals surface area contributed by atoms with E-state index in [9.17, 15) is 14.7 Å². The first-order valence-electron chi connectivity index (χ1n) is 9.02. The molecule has 1 aromatic rings. The van der Waals surface area contributed by atoms with Crippen LogP contribution in [-0.2, 0) is 9.59 Å². The van der Waals surface area contributed by atoms with Crippen LogP contribution in [0, 0.1) is 5.92 Å². The fourth-order valence-corrected chi connectivity index (χ4v) is 4.18. The predicted octanol–water partition coefficient (Wildman–Crippen LogP) is 3.27. The molecule has 1 heterocycles. The van der Waals surface area contributed by atoms with Crippen molar-refractivity contribution >= 4 is 28.2 Å². The molecule has 3 atom stereocenters. The molecule has 5 heteroatoms. The first-order valence-corrected chi connectivity index (χ1v) is 9.90. The average Bonchev–Trinajstić information content (AvgIpc) is 2.70. The van der Waals surface area contributed by atoms with E-state index in [-0.39, 0.29) is 22.1 Å². The van der Waals surface area contributed by atoms with Crippen molar-refractivity contribution in [3.8, 4) is 0 Å². The van der Waals surface area contributed by atoms with E-state index in [1.54, 1.807) is 0 Å². The summed E-state index contributed by atoms with van der Waals surface area (Å²) in [5.41, 5.74) is 2.60. The van der Waals surface area contributed by atoms with E-state index in [1.165, 1.54) is 17.8 Å². The second-order valence-electron chi connectivity index (χ2n) is 6.62. The van der Waals surface area contributed by atoms with Gasteiger partial charge in [-0.05, 0) is 30.2 Å². The molecule has 1 aromatic carbocycles. The third kappa shape index (κ3) is 5.08. The number of thioether (sulfide) groups is 1. The molecule has 140 valence electrons. The van der Waals surface area contributed by atoms with Crippen molar-refractivity contribution in [3.05, 3.63) is 78.6 Å². The number of aliphatic hydroxyl groups is 1. The molecule has 2 aliphatic rings. The third-order valence-corrected chi connectivity index (χ3v) is 5.78. The number of carbonyl (C=O) groups excluding carboxylic acids is 2. The number of fused-ring (bicyclic) bond motifs is 1. The van der Waals surface area contributed by atoms with Crippen molar-refractivity contribution < 1.29 is 14.7 Å². The van der Waals surface area contributed by atoms with Gasteiger partial charge in [0.2, 0.25) is 5.12 Å². The number of benzene rings is 1. The predicted molar refractivity (Wildman–Crippen MR) is 110 cm³/mol. The van der Waals surface area contributed by atoms with Crippen molar-refractivity contribution in [3.63, 3.8) is 0 Å². The summed E-state index contributed by atoms with van der Waals surface area (Å²) in [5, 5.41) is 13.3. The van der Waals surface area contributed by atoms with Crippen molar-refractivity contribution in [2.75, 3.05) is 6.54 Å². The topological polar surface area (TPSA) is 66.4 Å². The first kappa shape index (κ1) is 19.4. The Morgan fingerprint density at radius 3 is 2.81 bits per heavy atom. The largest absolute Gasteiger partial charge is 0.391 e. The normalized spacial score (nSPS) is 22.3. The zero-order valence-electron chi connectivity index (χ0n) is 15.0. The Balaban J connectivity index is 1.59. The van der Waals surface area contributed by atoms with Crippen LogP contribution in [0.25, 0.3) is 5.57 Å². The van der Waals surface area contributed by atoms with Gasteiger partial charge in [0.1, 0.15) is 0 Å². The molecule has 0 radical (unpaired) electrons. The lowest BCUT2D eigenvalue weighted by Crippen LogP contribution is -2.30. The molecular weight excluding hydrogens is 358 g/mol. The van der Waals surface area contributed by atoms with Gasteiger partial charge in [0, 0.05) is 35.4 Å². The highest BCUT2D eigenvalue weighted by Crippen LogP contribution is 2.38. The third-order valence-electron chi connectivity index (χ3n) is 4.62. The molecule has 0 spiro atoms. The zero-order valence-corrected chi connectivity index (χ0v) is 15.8. The number of rotatable bonds is 8. The molecule has 0 saturated heterocycles. The summed E-state index contributed by atoms with van der Waals surface area (Å²) >= 11 is 1.34.